The third-order valence-corrected chi connectivity index (χ3v) is 2.65. The highest BCUT2D eigenvalue weighted by Crippen LogP contribution is 2.11. The molecule has 0 heterocycles. The van der Waals surface area contributed by atoms with Crippen molar-refractivity contribution in [2.75, 3.05) is 47.1 Å². The second kappa shape index (κ2) is 10.3. The van der Waals surface area contributed by atoms with E-state index in [1.54, 1.807) is 20.3 Å². The summed E-state index contributed by atoms with van der Waals surface area (Å²) in [4.78, 5) is 2.30. The molecule has 0 aromatic carbocycles. The molecular weight excluding hydrogens is 214 g/mol. The average Bonchev–Trinajstić information content (AvgIpc) is 2.36. The van der Waals surface area contributed by atoms with Gasteiger partial charge in [-0.05, 0) is 17.6 Å². The van der Waals surface area contributed by atoms with Crippen LogP contribution in [0.5, 0.6) is 0 Å². The lowest BCUT2D eigenvalue weighted by Crippen LogP contribution is -2.31. The summed E-state index contributed by atoms with van der Waals surface area (Å²) in [7, 11) is 3.43. The fourth-order valence-electron chi connectivity index (χ4n) is 1.37. The van der Waals surface area contributed by atoms with E-state index in [4.69, 9.17) is 9.47 Å². The Labute approximate surface area is 105 Å². The topological polar surface area (TPSA) is 21.7 Å². The van der Waals surface area contributed by atoms with Gasteiger partial charge in [0, 0.05) is 33.9 Å². The first-order valence-electron chi connectivity index (χ1n) is 5.85. The molecule has 0 amide bonds. The zero-order chi connectivity index (χ0) is 13.1. The van der Waals surface area contributed by atoms with Crippen LogP contribution in [0.25, 0.3) is 0 Å². The van der Waals surface area contributed by atoms with Gasteiger partial charge >= 0.3 is 0 Å². The SMILES string of the molecule is C=CC(=C)C(=C)CCN(CCOC)CCOC. The average molecular weight is 239 g/mol. The molecule has 0 atom stereocenters. The Hall–Kier alpha value is -0.900. The molecule has 0 N–H and O–H groups in total. The number of nitrogens with zero attached hydrogens (tertiary/aromatic N) is 1. The van der Waals surface area contributed by atoms with Crippen LogP contribution < -0.4 is 0 Å². The summed E-state index contributed by atoms with van der Waals surface area (Å²) in [5.74, 6) is 0. The van der Waals surface area contributed by atoms with Gasteiger partial charge in [-0.25, -0.2) is 0 Å². The van der Waals surface area contributed by atoms with Crippen LogP contribution in [0, 0.1) is 0 Å². The second-order valence-electron chi connectivity index (χ2n) is 3.91. The van der Waals surface area contributed by atoms with Gasteiger partial charge in [0.05, 0.1) is 13.2 Å². The molecule has 3 nitrogen and oxygen atoms in total. The maximum atomic E-state index is 5.09. The molecule has 0 aliphatic carbocycles. The van der Waals surface area contributed by atoms with Crippen molar-refractivity contribution >= 4 is 0 Å². The molecule has 17 heavy (non-hydrogen) atoms. The van der Waals surface area contributed by atoms with Crippen LogP contribution in [0.1, 0.15) is 6.42 Å². The van der Waals surface area contributed by atoms with Gasteiger partial charge < -0.3 is 9.47 Å². The second-order valence-corrected chi connectivity index (χ2v) is 3.91. The van der Waals surface area contributed by atoms with Crippen molar-refractivity contribution < 1.29 is 9.47 Å². The van der Waals surface area contributed by atoms with E-state index in [9.17, 15) is 0 Å². The monoisotopic (exact) mass is 239 g/mol. The Morgan fingerprint density at radius 1 is 1.06 bits per heavy atom. The Morgan fingerprint density at radius 3 is 2.00 bits per heavy atom. The Kier molecular flexibility index (Phi) is 9.72. The van der Waals surface area contributed by atoms with Crippen LogP contribution in [-0.4, -0.2) is 52.0 Å². The predicted molar refractivity (Wildman–Crippen MR) is 73.3 cm³/mol. The molecule has 3 heteroatoms. The Bertz CT molecular complexity index is 241. The molecular formula is C14H25NO2. The molecule has 0 saturated heterocycles. The third kappa shape index (κ3) is 7.91. The third-order valence-electron chi connectivity index (χ3n) is 2.65. The van der Waals surface area contributed by atoms with E-state index in [-0.39, 0.29) is 0 Å². The number of allylic oxidation sites excluding steroid dienone is 2. The van der Waals surface area contributed by atoms with Crippen molar-refractivity contribution in [1.29, 1.82) is 0 Å². The van der Waals surface area contributed by atoms with Crippen LogP contribution in [0.3, 0.4) is 0 Å². The van der Waals surface area contributed by atoms with Crippen LogP contribution in [0.15, 0.2) is 37.0 Å². The molecule has 98 valence electrons. The highest BCUT2D eigenvalue weighted by atomic mass is 16.5. The molecule has 0 fully saturated rings. The van der Waals surface area contributed by atoms with Gasteiger partial charge in [-0.1, -0.05) is 25.8 Å². The molecule has 0 aromatic heterocycles. The zero-order valence-electron chi connectivity index (χ0n) is 11.2. The molecule has 0 aliphatic heterocycles. The van der Waals surface area contributed by atoms with Gasteiger partial charge in [-0.15, -0.1) is 0 Å². The minimum absolute atomic E-state index is 0.735. The summed E-state index contributed by atoms with van der Waals surface area (Å²) >= 11 is 0. The standard InChI is InChI=1S/C14H25NO2/c1-6-13(2)14(3)7-8-15(9-11-16-4)10-12-17-5/h6H,1-3,7-12H2,4-5H3. The molecule has 0 unspecified atom stereocenters. The van der Waals surface area contributed by atoms with Crippen LogP contribution in [-0.2, 0) is 9.47 Å². The predicted octanol–water partition coefficient (Wildman–Crippen LogP) is 2.27. The van der Waals surface area contributed by atoms with Gasteiger partial charge in [-0.2, -0.15) is 0 Å². The maximum Gasteiger partial charge on any atom is 0.0589 e. The summed E-state index contributed by atoms with van der Waals surface area (Å²) in [5.41, 5.74) is 1.96. The summed E-state index contributed by atoms with van der Waals surface area (Å²) in [6.45, 7) is 15.8. The van der Waals surface area contributed by atoms with Gasteiger partial charge in [0.15, 0.2) is 0 Å². The number of hydrogen-bond donors (Lipinski definition) is 0. The molecule has 0 aliphatic rings. The minimum atomic E-state index is 0.735. The summed E-state index contributed by atoms with van der Waals surface area (Å²) in [5, 5.41) is 0. The van der Waals surface area contributed by atoms with Crippen molar-refractivity contribution in [2.24, 2.45) is 0 Å². The fourth-order valence-corrected chi connectivity index (χ4v) is 1.37. The summed E-state index contributed by atoms with van der Waals surface area (Å²) < 4.78 is 10.2. The fraction of sp³-hybridized carbons (Fsp3) is 0.571. The first-order chi connectivity index (χ1) is 8.15. The lowest BCUT2D eigenvalue weighted by molar-refractivity contribution is 0.115. The zero-order valence-corrected chi connectivity index (χ0v) is 11.2. The van der Waals surface area contributed by atoms with Gasteiger partial charge in [0.2, 0.25) is 0 Å². The normalized spacial score (nSPS) is 10.5. The molecule has 0 radical (unpaired) electrons. The van der Waals surface area contributed by atoms with Crippen LogP contribution in [0.4, 0.5) is 0 Å². The quantitative estimate of drug-likeness (QED) is 0.516. The van der Waals surface area contributed by atoms with E-state index < -0.39 is 0 Å². The van der Waals surface area contributed by atoms with E-state index in [1.807, 2.05) is 0 Å². The highest BCUT2D eigenvalue weighted by Gasteiger charge is 2.05. The molecule has 0 rings (SSSR count). The molecule has 0 spiro atoms. The number of hydrogen-bond acceptors (Lipinski definition) is 3. The van der Waals surface area contributed by atoms with Crippen LogP contribution in [0.2, 0.25) is 0 Å². The number of rotatable bonds is 11. The van der Waals surface area contributed by atoms with Crippen molar-refractivity contribution in [1.82, 2.24) is 4.90 Å². The smallest absolute Gasteiger partial charge is 0.0589 e. The van der Waals surface area contributed by atoms with Gasteiger partial charge in [-0.3, -0.25) is 4.90 Å². The lowest BCUT2D eigenvalue weighted by Gasteiger charge is -2.22. The van der Waals surface area contributed by atoms with E-state index >= 15 is 0 Å². The van der Waals surface area contributed by atoms with Crippen molar-refractivity contribution in [3.63, 3.8) is 0 Å². The number of methoxy groups -OCH3 is 2. The summed E-state index contributed by atoms with van der Waals surface area (Å²) in [6, 6.07) is 0. The number of ether oxygens (including phenoxy) is 2. The molecule has 0 aromatic rings. The molecule has 0 bridgehead atoms. The van der Waals surface area contributed by atoms with Gasteiger partial charge in [0.25, 0.3) is 0 Å². The first-order valence-corrected chi connectivity index (χ1v) is 5.85. The van der Waals surface area contributed by atoms with E-state index in [1.165, 1.54) is 0 Å². The maximum absolute atomic E-state index is 5.09. The van der Waals surface area contributed by atoms with E-state index in [2.05, 4.69) is 24.6 Å². The van der Waals surface area contributed by atoms with Crippen molar-refractivity contribution in [3.8, 4) is 0 Å². The lowest BCUT2D eigenvalue weighted by atomic mass is 10.1. The van der Waals surface area contributed by atoms with Crippen LogP contribution >= 0.6 is 0 Å². The van der Waals surface area contributed by atoms with Gasteiger partial charge in [0.1, 0.15) is 0 Å². The van der Waals surface area contributed by atoms with Crippen molar-refractivity contribution in [3.05, 3.63) is 37.0 Å². The highest BCUT2D eigenvalue weighted by molar-refractivity contribution is 5.33. The Morgan fingerprint density at radius 2 is 1.59 bits per heavy atom. The van der Waals surface area contributed by atoms with E-state index in [0.717, 1.165) is 50.4 Å². The minimum Gasteiger partial charge on any atom is -0.383 e. The summed E-state index contributed by atoms with van der Waals surface area (Å²) in [6.07, 6.45) is 2.65. The largest absolute Gasteiger partial charge is 0.383 e. The molecule has 0 saturated carbocycles. The first kappa shape index (κ1) is 16.1. The van der Waals surface area contributed by atoms with E-state index in [0.29, 0.717) is 0 Å². The van der Waals surface area contributed by atoms with Crippen molar-refractivity contribution in [2.45, 2.75) is 6.42 Å². The Balaban J connectivity index is 4.00.